The minimum atomic E-state index is -0.940. The standard InChI is InChI=1S/C26H26F2N6O2/c1-34(2)17-12-18(13-17)36-22-7-4-15(11-23(22)35-3)32-26-29-9-8-24(33-26)31-16-10-19-21(30-14-16)6-5-20(27)25(19)28/h4-11,14,17-18H,12-13H2,1-3H3,(H2,29,31,32,33). The van der Waals surface area contributed by atoms with Gasteiger partial charge < -0.3 is 25.0 Å². The van der Waals surface area contributed by atoms with Crippen molar-refractivity contribution in [1.29, 1.82) is 0 Å². The summed E-state index contributed by atoms with van der Waals surface area (Å²) in [6.07, 6.45) is 5.25. The molecular formula is C26H26F2N6O2. The van der Waals surface area contributed by atoms with Gasteiger partial charge in [0.25, 0.3) is 0 Å². The number of aromatic nitrogens is 3. The van der Waals surface area contributed by atoms with Crippen LogP contribution in [0, 0.1) is 11.6 Å². The van der Waals surface area contributed by atoms with Crippen molar-refractivity contribution in [3.63, 3.8) is 0 Å². The molecule has 4 aromatic rings. The second kappa shape index (κ2) is 9.90. The van der Waals surface area contributed by atoms with Gasteiger partial charge in [-0.1, -0.05) is 0 Å². The number of pyridine rings is 1. The predicted molar refractivity (Wildman–Crippen MR) is 134 cm³/mol. The number of fused-ring (bicyclic) bond motifs is 1. The van der Waals surface area contributed by atoms with Gasteiger partial charge in [0.1, 0.15) is 11.9 Å². The molecule has 10 heteroatoms. The molecule has 0 unspecified atom stereocenters. The molecule has 1 aliphatic carbocycles. The summed E-state index contributed by atoms with van der Waals surface area (Å²) in [7, 11) is 5.76. The zero-order valence-corrected chi connectivity index (χ0v) is 20.1. The van der Waals surface area contributed by atoms with Crippen LogP contribution in [0.2, 0.25) is 0 Å². The Balaban J connectivity index is 1.28. The maximum atomic E-state index is 14.2. The first-order chi connectivity index (χ1) is 17.4. The first-order valence-corrected chi connectivity index (χ1v) is 11.5. The predicted octanol–water partition coefficient (Wildman–Crippen LogP) is 5.27. The van der Waals surface area contributed by atoms with Gasteiger partial charge in [-0.2, -0.15) is 4.98 Å². The minimum Gasteiger partial charge on any atom is -0.493 e. The third-order valence-corrected chi connectivity index (χ3v) is 6.19. The van der Waals surface area contributed by atoms with Gasteiger partial charge in [0.05, 0.1) is 24.5 Å². The number of methoxy groups -OCH3 is 1. The highest BCUT2D eigenvalue weighted by atomic mass is 19.2. The highest BCUT2D eigenvalue weighted by molar-refractivity contribution is 5.83. The summed E-state index contributed by atoms with van der Waals surface area (Å²) >= 11 is 0. The van der Waals surface area contributed by atoms with Gasteiger partial charge in [-0.25, -0.2) is 13.8 Å². The zero-order valence-electron chi connectivity index (χ0n) is 20.1. The molecule has 0 bridgehead atoms. The van der Waals surface area contributed by atoms with Crippen LogP contribution in [0.3, 0.4) is 0 Å². The highest BCUT2D eigenvalue weighted by Gasteiger charge is 2.32. The average Bonchev–Trinajstić information content (AvgIpc) is 2.84. The summed E-state index contributed by atoms with van der Waals surface area (Å²) in [5.74, 6) is 0.234. The maximum absolute atomic E-state index is 14.2. The van der Waals surface area contributed by atoms with Gasteiger partial charge in [-0.3, -0.25) is 4.98 Å². The third kappa shape index (κ3) is 4.99. The van der Waals surface area contributed by atoms with Crippen LogP contribution in [0.4, 0.5) is 31.9 Å². The van der Waals surface area contributed by atoms with Gasteiger partial charge in [-0.15, -0.1) is 0 Å². The quantitative estimate of drug-likeness (QED) is 0.344. The number of halogens is 2. The average molecular weight is 493 g/mol. The summed E-state index contributed by atoms with van der Waals surface area (Å²) in [6.45, 7) is 0. The van der Waals surface area contributed by atoms with Crippen LogP contribution >= 0.6 is 0 Å². The molecule has 36 heavy (non-hydrogen) atoms. The smallest absolute Gasteiger partial charge is 0.229 e. The lowest BCUT2D eigenvalue weighted by molar-refractivity contribution is 0.0383. The molecule has 1 fully saturated rings. The highest BCUT2D eigenvalue weighted by Crippen LogP contribution is 2.36. The largest absolute Gasteiger partial charge is 0.493 e. The van der Waals surface area contributed by atoms with E-state index in [4.69, 9.17) is 9.47 Å². The van der Waals surface area contributed by atoms with Crippen molar-refractivity contribution in [2.24, 2.45) is 0 Å². The lowest BCUT2D eigenvalue weighted by atomic mass is 9.88. The van der Waals surface area contributed by atoms with Crippen LogP contribution in [0.1, 0.15) is 12.8 Å². The van der Waals surface area contributed by atoms with Gasteiger partial charge >= 0.3 is 0 Å². The van der Waals surface area contributed by atoms with Crippen LogP contribution in [0.15, 0.2) is 54.9 Å². The van der Waals surface area contributed by atoms with Crippen LogP contribution in [0.5, 0.6) is 11.5 Å². The summed E-state index contributed by atoms with van der Waals surface area (Å²) in [4.78, 5) is 15.1. The van der Waals surface area contributed by atoms with Crippen molar-refractivity contribution in [2.45, 2.75) is 25.0 Å². The number of ether oxygens (including phenoxy) is 2. The lowest BCUT2D eigenvalue weighted by Gasteiger charge is -2.39. The Morgan fingerprint density at radius 3 is 2.56 bits per heavy atom. The number of anilines is 4. The molecular weight excluding hydrogens is 466 g/mol. The fourth-order valence-corrected chi connectivity index (χ4v) is 4.05. The monoisotopic (exact) mass is 492 g/mol. The molecule has 8 nitrogen and oxygen atoms in total. The Labute approximate surface area is 207 Å². The summed E-state index contributed by atoms with van der Waals surface area (Å²) in [5.41, 5.74) is 1.55. The van der Waals surface area contributed by atoms with Gasteiger partial charge in [0, 0.05) is 29.4 Å². The van der Waals surface area contributed by atoms with E-state index in [1.807, 2.05) is 18.2 Å². The summed E-state index contributed by atoms with van der Waals surface area (Å²) < 4.78 is 39.4. The Morgan fingerprint density at radius 1 is 0.944 bits per heavy atom. The van der Waals surface area contributed by atoms with E-state index >= 15 is 0 Å². The second-order valence-corrected chi connectivity index (χ2v) is 8.86. The molecule has 2 aromatic carbocycles. The van der Waals surface area contributed by atoms with Crippen molar-refractivity contribution in [3.8, 4) is 11.5 Å². The molecule has 0 atom stereocenters. The van der Waals surface area contributed by atoms with Gasteiger partial charge in [0.2, 0.25) is 5.95 Å². The van der Waals surface area contributed by atoms with E-state index in [1.54, 1.807) is 19.4 Å². The Morgan fingerprint density at radius 2 is 1.78 bits per heavy atom. The molecule has 0 spiro atoms. The molecule has 0 aliphatic heterocycles. The van der Waals surface area contributed by atoms with Crippen LogP contribution in [-0.2, 0) is 0 Å². The number of hydrogen-bond acceptors (Lipinski definition) is 8. The molecule has 2 aromatic heterocycles. The number of benzene rings is 2. The molecule has 2 N–H and O–H groups in total. The first kappa shape index (κ1) is 23.7. The van der Waals surface area contributed by atoms with E-state index in [2.05, 4.69) is 44.6 Å². The second-order valence-electron chi connectivity index (χ2n) is 8.86. The molecule has 2 heterocycles. The van der Waals surface area contributed by atoms with Gasteiger partial charge in [-0.05, 0) is 63.3 Å². The minimum absolute atomic E-state index is 0.0842. The first-order valence-electron chi connectivity index (χ1n) is 11.5. The molecule has 5 rings (SSSR count). The van der Waals surface area contributed by atoms with E-state index in [1.165, 1.54) is 18.3 Å². The van der Waals surface area contributed by atoms with Crippen molar-refractivity contribution >= 4 is 34.0 Å². The van der Waals surface area contributed by atoms with Crippen LogP contribution in [-0.4, -0.2) is 53.2 Å². The molecule has 0 saturated heterocycles. The Hall–Kier alpha value is -4.05. The topological polar surface area (TPSA) is 84.4 Å². The van der Waals surface area contributed by atoms with Crippen molar-refractivity contribution in [3.05, 3.63) is 66.5 Å². The van der Waals surface area contributed by atoms with Crippen LogP contribution in [0.25, 0.3) is 10.9 Å². The Bertz CT molecular complexity index is 1390. The van der Waals surface area contributed by atoms with Crippen LogP contribution < -0.4 is 20.1 Å². The molecule has 0 amide bonds. The normalized spacial score (nSPS) is 17.1. The van der Waals surface area contributed by atoms with Crippen molar-refractivity contribution in [1.82, 2.24) is 19.9 Å². The van der Waals surface area contributed by atoms with Gasteiger partial charge in [0.15, 0.2) is 23.1 Å². The SMILES string of the molecule is COc1cc(Nc2nccc(Nc3cnc4ccc(F)c(F)c4c3)n2)ccc1OC1CC(N(C)C)C1. The third-order valence-electron chi connectivity index (χ3n) is 6.19. The Kier molecular flexibility index (Phi) is 6.51. The number of nitrogens with zero attached hydrogens (tertiary/aromatic N) is 4. The molecule has 1 aliphatic rings. The molecule has 186 valence electrons. The van der Waals surface area contributed by atoms with E-state index in [0.717, 1.165) is 24.6 Å². The molecule has 1 saturated carbocycles. The van der Waals surface area contributed by atoms with E-state index in [0.29, 0.717) is 40.5 Å². The van der Waals surface area contributed by atoms with E-state index in [9.17, 15) is 8.78 Å². The van der Waals surface area contributed by atoms with E-state index in [-0.39, 0.29) is 11.5 Å². The summed E-state index contributed by atoms with van der Waals surface area (Å²) in [5, 5.41) is 6.29. The lowest BCUT2D eigenvalue weighted by Crippen LogP contribution is -2.46. The number of rotatable bonds is 8. The number of hydrogen-bond donors (Lipinski definition) is 2. The fraction of sp³-hybridized carbons (Fsp3) is 0.269. The number of nitrogens with one attached hydrogen (secondary N) is 2. The summed E-state index contributed by atoms with van der Waals surface area (Å²) in [6, 6.07) is 11.7. The zero-order chi connectivity index (χ0) is 25.2. The van der Waals surface area contributed by atoms with Crippen molar-refractivity contribution in [2.75, 3.05) is 31.8 Å². The maximum Gasteiger partial charge on any atom is 0.229 e. The fourth-order valence-electron chi connectivity index (χ4n) is 4.05. The van der Waals surface area contributed by atoms with E-state index < -0.39 is 11.6 Å². The van der Waals surface area contributed by atoms with Crippen molar-refractivity contribution < 1.29 is 18.3 Å². The molecule has 0 radical (unpaired) electrons.